The van der Waals surface area contributed by atoms with Gasteiger partial charge in [-0.25, -0.2) is 0 Å². The first-order valence-corrected chi connectivity index (χ1v) is 20.5. The monoisotopic (exact) mass is 728 g/mol. The van der Waals surface area contributed by atoms with Crippen LogP contribution in [-0.4, -0.2) is 0 Å². The fraction of sp³-hybridized carbons (Fsp3) is 0.250. The van der Waals surface area contributed by atoms with E-state index in [2.05, 4.69) is 219 Å². The van der Waals surface area contributed by atoms with Crippen LogP contribution in [0.25, 0.3) is 44.5 Å². The molecule has 7 aromatic carbocycles. The molecule has 56 heavy (non-hydrogen) atoms. The van der Waals surface area contributed by atoms with E-state index in [0.29, 0.717) is 0 Å². The predicted molar refractivity (Wildman–Crippen MR) is 241 cm³/mol. The van der Waals surface area contributed by atoms with Crippen LogP contribution >= 0.6 is 0 Å². The summed E-state index contributed by atoms with van der Waals surface area (Å²) in [4.78, 5) is 0. The summed E-state index contributed by atoms with van der Waals surface area (Å²) in [5, 5.41) is 0. The number of aryl methyl sites for hydroxylation is 1. The van der Waals surface area contributed by atoms with E-state index < -0.39 is 0 Å². The van der Waals surface area contributed by atoms with E-state index in [4.69, 9.17) is 0 Å². The van der Waals surface area contributed by atoms with Gasteiger partial charge in [0.2, 0.25) is 0 Å². The van der Waals surface area contributed by atoms with Crippen molar-refractivity contribution < 1.29 is 0 Å². The van der Waals surface area contributed by atoms with Crippen molar-refractivity contribution in [1.29, 1.82) is 0 Å². The molecular formula is C56H56. The van der Waals surface area contributed by atoms with Crippen molar-refractivity contribution in [2.75, 3.05) is 0 Å². The molecule has 0 bridgehead atoms. The molecule has 0 heteroatoms. The molecule has 1 aliphatic carbocycles. The molecule has 0 heterocycles. The Balaban J connectivity index is 1.16. The lowest BCUT2D eigenvalue weighted by atomic mass is 9.71. The number of hydrogen-bond donors (Lipinski definition) is 0. The van der Waals surface area contributed by atoms with Crippen LogP contribution in [0.3, 0.4) is 0 Å². The first kappa shape index (κ1) is 37.5. The van der Waals surface area contributed by atoms with Crippen molar-refractivity contribution in [1.82, 2.24) is 0 Å². The summed E-state index contributed by atoms with van der Waals surface area (Å²) in [6, 6.07) is 61.4. The highest BCUT2D eigenvalue weighted by atomic mass is 14.4. The predicted octanol–water partition coefficient (Wildman–Crippen LogP) is 15.4. The molecule has 8 rings (SSSR count). The van der Waals surface area contributed by atoms with Crippen LogP contribution in [0.4, 0.5) is 0 Å². The molecule has 0 saturated heterocycles. The van der Waals surface area contributed by atoms with E-state index >= 15 is 0 Å². The maximum atomic E-state index is 2.51. The summed E-state index contributed by atoms with van der Waals surface area (Å²) >= 11 is 0. The van der Waals surface area contributed by atoms with Gasteiger partial charge in [-0.1, -0.05) is 219 Å². The summed E-state index contributed by atoms with van der Waals surface area (Å²) in [6.07, 6.45) is 2.04. The largest absolute Gasteiger partial charge is 0.0622 e. The molecule has 0 amide bonds. The Morgan fingerprint density at radius 3 is 1.48 bits per heavy atom. The van der Waals surface area contributed by atoms with Gasteiger partial charge in [-0.3, -0.25) is 0 Å². The topological polar surface area (TPSA) is 0 Å². The average Bonchev–Trinajstić information content (AvgIpc) is 3.44. The molecular weight excluding hydrogens is 673 g/mol. The van der Waals surface area contributed by atoms with Gasteiger partial charge in [-0.05, 0) is 107 Å². The molecule has 0 radical (unpaired) electrons. The standard InChI is InChI=1S/C56H56/c1-54(2,3)46-36-49-52-48(20-15-21-50(52)56(7,8)53(49)51(37-46)55(4,5)6)45-33-31-44(32-34-45)47(43-29-27-42(28-30-43)40-18-13-10-14-19-40)35-24-38-22-25-41(26-23-38)39-16-11-9-12-17-39/h9-23,25-34,36-37,47H,24,35H2,1-8H3. The van der Waals surface area contributed by atoms with Gasteiger partial charge in [-0.15, -0.1) is 0 Å². The molecule has 0 aliphatic heterocycles. The smallest absolute Gasteiger partial charge is 0.0162 e. The third-order valence-electron chi connectivity index (χ3n) is 12.3. The van der Waals surface area contributed by atoms with Crippen LogP contribution < -0.4 is 0 Å². The lowest BCUT2D eigenvalue weighted by molar-refractivity contribution is 0.545. The van der Waals surface area contributed by atoms with Crippen LogP contribution in [0, 0.1) is 0 Å². The highest BCUT2D eigenvalue weighted by Crippen LogP contribution is 2.56. The molecule has 0 N–H and O–H groups in total. The Bertz CT molecular complexity index is 2450. The summed E-state index contributed by atoms with van der Waals surface area (Å²) in [5.74, 6) is 0.271. The third kappa shape index (κ3) is 7.19. The zero-order valence-corrected chi connectivity index (χ0v) is 34.6. The minimum absolute atomic E-state index is 0.0325. The first-order valence-electron chi connectivity index (χ1n) is 20.5. The van der Waals surface area contributed by atoms with Gasteiger partial charge in [0.1, 0.15) is 0 Å². The number of hydrogen-bond acceptors (Lipinski definition) is 0. The van der Waals surface area contributed by atoms with Crippen molar-refractivity contribution in [3.05, 3.63) is 203 Å². The van der Waals surface area contributed by atoms with Gasteiger partial charge in [-0.2, -0.15) is 0 Å². The summed E-state index contributed by atoms with van der Waals surface area (Å²) in [5.41, 5.74) is 20.4. The van der Waals surface area contributed by atoms with Crippen LogP contribution in [0.1, 0.15) is 107 Å². The van der Waals surface area contributed by atoms with Gasteiger partial charge < -0.3 is 0 Å². The van der Waals surface area contributed by atoms with Crippen molar-refractivity contribution in [3.8, 4) is 44.5 Å². The van der Waals surface area contributed by atoms with Crippen LogP contribution in [0.5, 0.6) is 0 Å². The quantitative estimate of drug-likeness (QED) is 0.146. The molecule has 0 saturated carbocycles. The Labute approximate surface area is 336 Å². The van der Waals surface area contributed by atoms with Crippen molar-refractivity contribution >= 4 is 0 Å². The molecule has 0 spiro atoms. The minimum Gasteiger partial charge on any atom is -0.0622 e. The van der Waals surface area contributed by atoms with Gasteiger partial charge in [0.25, 0.3) is 0 Å². The second kappa shape index (κ2) is 14.6. The van der Waals surface area contributed by atoms with Gasteiger partial charge in [0.05, 0.1) is 0 Å². The van der Waals surface area contributed by atoms with Gasteiger partial charge in [0, 0.05) is 11.3 Å². The highest BCUT2D eigenvalue weighted by Gasteiger charge is 2.41. The maximum Gasteiger partial charge on any atom is 0.0162 e. The number of rotatable bonds is 8. The van der Waals surface area contributed by atoms with Crippen molar-refractivity contribution in [2.45, 2.75) is 90.4 Å². The molecule has 280 valence electrons. The second-order valence-corrected chi connectivity index (χ2v) is 18.6. The Morgan fingerprint density at radius 1 is 0.464 bits per heavy atom. The normalized spacial score (nSPS) is 13.9. The van der Waals surface area contributed by atoms with Crippen molar-refractivity contribution in [3.63, 3.8) is 0 Å². The molecule has 0 nitrogen and oxygen atoms in total. The van der Waals surface area contributed by atoms with E-state index in [0.717, 1.165) is 12.8 Å². The summed E-state index contributed by atoms with van der Waals surface area (Å²) in [6.45, 7) is 19.0. The average molecular weight is 729 g/mol. The zero-order chi connectivity index (χ0) is 39.2. The number of benzene rings is 7. The molecule has 1 unspecified atom stereocenters. The second-order valence-electron chi connectivity index (χ2n) is 18.6. The van der Waals surface area contributed by atoms with E-state index in [1.807, 2.05) is 0 Å². The maximum absolute atomic E-state index is 2.51. The molecule has 0 fully saturated rings. The van der Waals surface area contributed by atoms with E-state index in [-0.39, 0.29) is 22.2 Å². The van der Waals surface area contributed by atoms with Gasteiger partial charge in [0.15, 0.2) is 0 Å². The lowest BCUT2D eigenvalue weighted by Gasteiger charge is -2.32. The fourth-order valence-corrected chi connectivity index (χ4v) is 9.04. The molecule has 1 aliphatic rings. The zero-order valence-electron chi connectivity index (χ0n) is 34.6. The Hall–Kier alpha value is -5.46. The van der Waals surface area contributed by atoms with E-state index in [1.165, 1.54) is 83.5 Å². The first-order chi connectivity index (χ1) is 26.8. The van der Waals surface area contributed by atoms with Crippen LogP contribution in [0.15, 0.2) is 164 Å². The molecule has 1 atom stereocenters. The molecule has 7 aromatic rings. The van der Waals surface area contributed by atoms with Crippen molar-refractivity contribution in [2.24, 2.45) is 0 Å². The highest BCUT2D eigenvalue weighted by molar-refractivity contribution is 5.93. The number of fused-ring (bicyclic) bond motifs is 3. The van der Waals surface area contributed by atoms with E-state index in [9.17, 15) is 0 Å². The van der Waals surface area contributed by atoms with Crippen LogP contribution in [0.2, 0.25) is 0 Å². The Morgan fingerprint density at radius 2 is 0.964 bits per heavy atom. The van der Waals surface area contributed by atoms with Crippen LogP contribution in [-0.2, 0) is 22.7 Å². The Kier molecular flexibility index (Phi) is 9.74. The lowest BCUT2D eigenvalue weighted by Crippen LogP contribution is -2.24. The van der Waals surface area contributed by atoms with Gasteiger partial charge >= 0.3 is 0 Å². The fourth-order valence-electron chi connectivity index (χ4n) is 9.04. The third-order valence-corrected chi connectivity index (χ3v) is 12.3. The van der Waals surface area contributed by atoms with E-state index in [1.54, 1.807) is 0 Å². The summed E-state index contributed by atoms with van der Waals surface area (Å²) < 4.78 is 0. The molecule has 0 aromatic heterocycles. The summed E-state index contributed by atoms with van der Waals surface area (Å²) in [7, 11) is 0. The SMILES string of the molecule is CC(C)(C)c1cc2c(c(C(C)(C)C)c1)C(C)(C)c1cccc(-c3ccc(C(CCc4ccc(-c5ccccc5)cc4)c4ccc(-c5ccccc5)cc4)cc3)c1-2. The minimum atomic E-state index is -0.0874.